The first-order valence-corrected chi connectivity index (χ1v) is 11.1. The normalized spacial score (nSPS) is 14.4. The molecule has 2 aromatic heterocycles. The van der Waals surface area contributed by atoms with Gasteiger partial charge in [0.1, 0.15) is 5.75 Å². The van der Waals surface area contributed by atoms with E-state index in [0.717, 1.165) is 54.4 Å². The van der Waals surface area contributed by atoms with E-state index in [0.29, 0.717) is 5.56 Å². The summed E-state index contributed by atoms with van der Waals surface area (Å²) in [7, 11) is 3.79. The third-order valence-electron chi connectivity index (χ3n) is 6.19. The molecule has 1 saturated heterocycles. The van der Waals surface area contributed by atoms with Crippen molar-refractivity contribution >= 4 is 5.69 Å². The number of methoxy groups -OCH3 is 1. The number of hydrogen-bond acceptors (Lipinski definition) is 5. The molecule has 0 amide bonds. The predicted octanol–water partition coefficient (Wildman–Crippen LogP) is 3.66. The van der Waals surface area contributed by atoms with Crippen LogP contribution in [0.3, 0.4) is 0 Å². The molecule has 0 atom stereocenters. The first kappa shape index (κ1) is 21.0. The molecule has 168 valence electrons. The van der Waals surface area contributed by atoms with E-state index in [1.807, 2.05) is 36.4 Å². The Morgan fingerprint density at radius 2 is 1.70 bits per heavy atom. The molecule has 0 saturated carbocycles. The molecule has 3 heterocycles. The van der Waals surface area contributed by atoms with Gasteiger partial charge in [-0.15, -0.1) is 0 Å². The summed E-state index contributed by atoms with van der Waals surface area (Å²) < 4.78 is 7.10. The Balaban J connectivity index is 1.46. The molecule has 5 rings (SSSR count). The van der Waals surface area contributed by atoms with E-state index in [1.54, 1.807) is 24.2 Å². The number of benzene rings is 2. The number of pyridine rings is 1. The topological polar surface area (TPSA) is 66.4 Å². The number of piperazine rings is 1. The van der Waals surface area contributed by atoms with E-state index in [4.69, 9.17) is 4.74 Å². The van der Waals surface area contributed by atoms with E-state index in [2.05, 4.69) is 51.2 Å². The first-order valence-electron chi connectivity index (χ1n) is 11.1. The van der Waals surface area contributed by atoms with Crippen LogP contribution in [-0.2, 0) is 0 Å². The van der Waals surface area contributed by atoms with Crippen molar-refractivity contribution in [2.24, 2.45) is 0 Å². The van der Waals surface area contributed by atoms with Gasteiger partial charge in [-0.05, 0) is 54.6 Å². The number of anilines is 1. The SMILES string of the molecule is COc1cccc(-n2nccc2-c2cc(-c3ccc(N4CCN(C)CC4)cc3)c[nH]c2=O)c1. The van der Waals surface area contributed by atoms with E-state index >= 15 is 0 Å². The van der Waals surface area contributed by atoms with Crippen molar-refractivity contribution in [3.05, 3.63) is 83.4 Å². The van der Waals surface area contributed by atoms with Crippen LogP contribution in [0.15, 0.2) is 77.9 Å². The van der Waals surface area contributed by atoms with Crippen LogP contribution in [0.1, 0.15) is 0 Å². The average Bonchev–Trinajstić information content (AvgIpc) is 3.35. The fourth-order valence-corrected chi connectivity index (χ4v) is 4.23. The summed E-state index contributed by atoms with van der Waals surface area (Å²) in [5.41, 5.74) is 5.20. The van der Waals surface area contributed by atoms with Crippen LogP contribution >= 0.6 is 0 Å². The second-order valence-corrected chi connectivity index (χ2v) is 8.30. The maximum absolute atomic E-state index is 12.8. The first-order chi connectivity index (χ1) is 16.1. The second kappa shape index (κ2) is 8.96. The highest BCUT2D eigenvalue weighted by Crippen LogP contribution is 2.27. The van der Waals surface area contributed by atoms with E-state index < -0.39 is 0 Å². The predicted molar refractivity (Wildman–Crippen MR) is 131 cm³/mol. The number of nitrogens with zero attached hydrogens (tertiary/aromatic N) is 4. The molecule has 0 spiro atoms. The lowest BCUT2D eigenvalue weighted by Crippen LogP contribution is -2.44. The summed E-state index contributed by atoms with van der Waals surface area (Å²) in [5, 5.41) is 4.45. The fraction of sp³-hybridized carbons (Fsp3) is 0.231. The van der Waals surface area contributed by atoms with Crippen LogP contribution < -0.4 is 15.2 Å². The Kier molecular flexibility index (Phi) is 5.71. The van der Waals surface area contributed by atoms with E-state index in [1.165, 1.54) is 5.69 Å². The van der Waals surface area contributed by atoms with Crippen LogP contribution in [0.4, 0.5) is 5.69 Å². The summed E-state index contributed by atoms with van der Waals surface area (Å²) in [6.07, 6.45) is 3.47. The van der Waals surface area contributed by atoms with Crippen molar-refractivity contribution in [1.82, 2.24) is 19.7 Å². The number of aromatic nitrogens is 3. The summed E-state index contributed by atoms with van der Waals surface area (Å²) in [6.45, 7) is 4.22. The minimum absolute atomic E-state index is 0.155. The maximum atomic E-state index is 12.8. The van der Waals surface area contributed by atoms with Crippen LogP contribution in [0.5, 0.6) is 5.75 Å². The third-order valence-corrected chi connectivity index (χ3v) is 6.19. The zero-order chi connectivity index (χ0) is 22.8. The van der Waals surface area contributed by atoms with Crippen molar-refractivity contribution in [2.75, 3.05) is 45.2 Å². The van der Waals surface area contributed by atoms with Gasteiger partial charge < -0.3 is 19.5 Å². The van der Waals surface area contributed by atoms with Gasteiger partial charge >= 0.3 is 0 Å². The van der Waals surface area contributed by atoms with Gasteiger partial charge in [-0.2, -0.15) is 5.10 Å². The lowest BCUT2D eigenvalue weighted by molar-refractivity contribution is 0.313. The van der Waals surface area contributed by atoms with Crippen LogP contribution in [0.25, 0.3) is 28.1 Å². The Labute approximate surface area is 192 Å². The largest absolute Gasteiger partial charge is 0.497 e. The van der Waals surface area contributed by atoms with Crippen molar-refractivity contribution in [3.63, 3.8) is 0 Å². The number of rotatable bonds is 5. The van der Waals surface area contributed by atoms with Crippen molar-refractivity contribution < 1.29 is 4.74 Å². The van der Waals surface area contributed by atoms with Gasteiger partial charge in [0.25, 0.3) is 5.56 Å². The zero-order valence-corrected chi connectivity index (χ0v) is 18.9. The third kappa shape index (κ3) is 4.27. The maximum Gasteiger partial charge on any atom is 0.257 e. The minimum Gasteiger partial charge on any atom is -0.497 e. The Morgan fingerprint density at radius 1 is 0.909 bits per heavy atom. The quantitative estimate of drug-likeness (QED) is 0.512. The van der Waals surface area contributed by atoms with Gasteiger partial charge in [0.15, 0.2) is 0 Å². The smallest absolute Gasteiger partial charge is 0.257 e. The molecule has 0 bridgehead atoms. The molecule has 0 unspecified atom stereocenters. The number of nitrogens with one attached hydrogen (secondary N) is 1. The van der Waals surface area contributed by atoms with Gasteiger partial charge in [0, 0.05) is 44.1 Å². The molecule has 1 fully saturated rings. The Morgan fingerprint density at radius 3 is 2.45 bits per heavy atom. The lowest BCUT2D eigenvalue weighted by atomic mass is 10.0. The van der Waals surface area contributed by atoms with Gasteiger partial charge in [-0.25, -0.2) is 4.68 Å². The average molecular weight is 442 g/mol. The molecule has 1 aliphatic heterocycles. The van der Waals surface area contributed by atoms with Crippen LogP contribution in [0.2, 0.25) is 0 Å². The molecule has 1 aliphatic rings. The van der Waals surface area contributed by atoms with E-state index in [-0.39, 0.29) is 5.56 Å². The molecular weight excluding hydrogens is 414 g/mol. The summed E-state index contributed by atoms with van der Waals surface area (Å²) in [5.74, 6) is 0.733. The van der Waals surface area contributed by atoms with Crippen LogP contribution in [-0.4, -0.2) is 60.0 Å². The monoisotopic (exact) mass is 441 g/mol. The number of likely N-dealkylation sites (N-methyl/N-ethyl adjacent to an activating group) is 1. The van der Waals surface area contributed by atoms with Crippen molar-refractivity contribution in [2.45, 2.75) is 0 Å². The van der Waals surface area contributed by atoms with Gasteiger partial charge in [0.05, 0.1) is 30.3 Å². The number of ether oxygens (including phenoxy) is 1. The minimum atomic E-state index is -0.155. The molecule has 7 nitrogen and oxygen atoms in total. The standard InChI is InChI=1S/C26H27N5O2/c1-29-12-14-30(15-13-29)21-8-6-19(7-9-21)20-16-24(26(32)27-18-20)25-10-11-28-31(25)22-4-3-5-23(17-22)33-2/h3-11,16-18H,12-15H2,1-2H3,(H,27,32). The fourth-order valence-electron chi connectivity index (χ4n) is 4.23. The molecule has 4 aromatic rings. The summed E-state index contributed by atoms with van der Waals surface area (Å²) in [4.78, 5) is 20.4. The zero-order valence-electron chi connectivity index (χ0n) is 18.9. The number of H-pyrrole nitrogens is 1. The highest BCUT2D eigenvalue weighted by Gasteiger charge is 2.15. The molecule has 7 heteroatoms. The summed E-state index contributed by atoms with van der Waals surface area (Å²) in [6, 6.07) is 19.9. The number of hydrogen-bond donors (Lipinski definition) is 1. The van der Waals surface area contributed by atoms with Gasteiger partial charge in [0.2, 0.25) is 0 Å². The second-order valence-electron chi connectivity index (χ2n) is 8.30. The summed E-state index contributed by atoms with van der Waals surface area (Å²) >= 11 is 0. The highest BCUT2D eigenvalue weighted by molar-refractivity contribution is 5.72. The molecule has 1 N–H and O–H groups in total. The van der Waals surface area contributed by atoms with Crippen molar-refractivity contribution in [1.29, 1.82) is 0 Å². The molecule has 2 aromatic carbocycles. The van der Waals surface area contributed by atoms with Crippen molar-refractivity contribution in [3.8, 4) is 33.8 Å². The molecule has 0 aliphatic carbocycles. The lowest BCUT2D eigenvalue weighted by Gasteiger charge is -2.34. The van der Waals surface area contributed by atoms with E-state index in [9.17, 15) is 4.79 Å². The highest BCUT2D eigenvalue weighted by atomic mass is 16.5. The molecular formula is C26H27N5O2. The Bertz CT molecular complexity index is 1300. The molecule has 0 radical (unpaired) electrons. The van der Waals surface area contributed by atoms with Gasteiger partial charge in [-0.1, -0.05) is 18.2 Å². The molecule has 33 heavy (non-hydrogen) atoms. The Hall–Kier alpha value is -3.84. The van der Waals surface area contributed by atoms with Crippen LogP contribution in [0, 0.1) is 0 Å². The number of aromatic amines is 1. The van der Waals surface area contributed by atoms with Gasteiger partial charge in [-0.3, -0.25) is 4.79 Å².